The van der Waals surface area contributed by atoms with Crippen LogP contribution in [0.1, 0.15) is 46.0 Å². The summed E-state index contributed by atoms with van der Waals surface area (Å²) in [7, 11) is 0. The first-order chi connectivity index (χ1) is 7.63. The number of aliphatic hydroxyl groups is 1. The molecule has 0 radical (unpaired) electrons. The van der Waals surface area contributed by atoms with Gasteiger partial charge in [0.1, 0.15) is 6.10 Å². The van der Waals surface area contributed by atoms with Gasteiger partial charge in [-0.25, -0.2) is 0 Å². The number of hydrogen-bond donors (Lipinski definition) is 1. The molecule has 3 atom stereocenters. The Bertz CT molecular complexity index is 248. The summed E-state index contributed by atoms with van der Waals surface area (Å²) >= 11 is 0. The Hall–Kier alpha value is -0.830. The van der Waals surface area contributed by atoms with Crippen LogP contribution >= 0.6 is 0 Å². The van der Waals surface area contributed by atoms with E-state index in [2.05, 4.69) is 6.92 Å². The van der Waals surface area contributed by atoms with E-state index in [1.807, 2.05) is 19.1 Å². The van der Waals surface area contributed by atoms with Crippen LogP contribution in [0.5, 0.6) is 0 Å². The van der Waals surface area contributed by atoms with Crippen LogP contribution in [0.15, 0.2) is 12.2 Å². The van der Waals surface area contributed by atoms with Crippen LogP contribution in [-0.4, -0.2) is 23.3 Å². The first-order valence-electron chi connectivity index (χ1n) is 6.17. The summed E-state index contributed by atoms with van der Waals surface area (Å²) in [4.78, 5) is 11.0. The van der Waals surface area contributed by atoms with Crippen molar-refractivity contribution in [3.8, 4) is 0 Å². The Kier molecular flexibility index (Phi) is 5.53. The van der Waals surface area contributed by atoms with E-state index in [4.69, 9.17) is 4.74 Å². The molecule has 0 unspecified atom stereocenters. The average molecular weight is 226 g/mol. The number of hydrogen-bond acceptors (Lipinski definition) is 3. The van der Waals surface area contributed by atoms with E-state index in [0.29, 0.717) is 12.3 Å². The predicted molar refractivity (Wildman–Crippen MR) is 62.9 cm³/mol. The maximum Gasteiger partial charge on any atom is 0.306 e. The lowest BCUT2D eigenvalue weighted by molar-refractivity contribution is -0.141. The Balaban J connectivity index is 2.23. The Morgan fingerprint density at radius 3 is 2.94 bits per heavy atom. The normalized spacial score (nSPS) is 27.3. The zero-order valence-electron chi connectivity index (χ0n) is 10.2. The summed E-state index contributed by atoms with van der Waals surface area (Å²) in [6.07, 6.45) is 7.59. The van der Waals surface area contributed by atoms with Gasteiger partial charge in [0.15, 0.2) is 0 Å². The van der Waals surface area contributed by atoms with Crippen molar-refractivity contribution in [2.45, 2.75) is 58.2 Å². The van der Waals surface area contributed by atoms with Crippen molar-refractivity contribution in [2.75, 3.05) is 0 Å². The molecule has 0 bridgehead atoms. The van der Waals surface area contributed by atoms with Gasteiger partial charge in [0.2, 0.25) is 0 Å². The van der Waals surface area contributed by atoms with Gasteiger partial charge < -0.3 is 9.84 Å². The molecule has 0 aromatic heterocycles. The molecule has 0 spiro atoms. The summed E-state index contributed by atoms with van der Waals surface area (Å²) in [5.74, 6) is 0.197. The number of ether oxygens (including phenoxy) is 1. The molecule has 16 heavy (non-hydrogen) atoms. The third kappa shape index (κ3) is 4.35. The summed E-state index contributed by atoms with van der Waals surface area (Å²) < 4.78 is 5.16. The van der Waals surface area contributed by atoms with E-state index in [9.17, 15) is 9.90 Å². The van der Waals surface area contributed by atoms with Gasteiger partial charge in [-0.1, -0.05) is 38.8 Å². The fourth-order valence-corrected chi connectivity index (χ4v) is 1.89. The van der Waals surface area contributed by atoms with Gasteiger partial charge in [-0.15, -0.1) is 0 Å². The monoisotopic (exact) mass is 226 g/mol. The lowest BCUT2D eigenvalue weighted by atomic mass is 10.0. The molecule has 0 saturated carbocycles. The van der Waals surface area contributed by atoms with Crippen LogP contribution in [0, 0.1) is 5.92 Å². The maximum atomic E-state index is 11.0. The fourth-order valence-electron chi connectivity index (χ4n) is 1.89. The Morgan fingerprint density at radius 2 is 2.38 bits per heavy atom. The molecule has 1 aliphatic heterocycles. The van der Waals surface area contributed by atoms with E-state index in [-0.39, 0.29) is 18.2 Å². The van der Waals surface area contributed by atoms with Crippen LogP contribution in [0.4, 0.5) is 0 Å². The van der Waals surface area contributed by atoms with E-state index >= 15 is 0 Å². The minimum Gasteiger partial charge on any atom is -0.462 e. The molecule has 92 valence electrons. The summed E-state index contributed by atoms with van der Waals surface area (Å²) in [6.45, 7) is 4.13. The number of unbranched alkanes of at least 4 members (excludes halogenated alkanes) is 1. The number of carbonyl (C=O) groups is 1. The molecular formula is C13H22O3. The quantitative estimate of drug-likeness (QED) is 0.559. The molecule has 0 aromatic carbocycles. The lowest BCUT2D eigenvalue weighted by Gasteiger charge is -2.11. The first kappa shape index (κ1) is 13.2. The molecule has 1 heterocycles. The highest BCUT2D eigenvalue weighted by Crippen LogP contribution is 2.24. The maximum absolute atomic E-state index is 11.0. The number of aliphatic hydroxyl groups excluding tert-OH is 1. The standard InChI is InChI=1S/C13H22O3/c1-3-4-6-11(14)7-5-8-12-10(2)9-13(15)16-12/h5,7,10-12,14H,3-4,6,8-9H2,1-2H3/b7-5-/t10-,11-,12+/m1/s1. The molecule has 3 heteroatoms. The predicted octanol–water partition coefficient (Wildman–Crippen LogP) is 2.44. The van der Waals surface area contributed by atoms with E-state index in [1.54, 1.807) is 0 Å². The number of carbonyl (C=O) groups excluding carboxylic acids is 1. The van der Waals surface area contributed by atoms with Crippen LogP contribution < -0.4 is 0 Å². The van der Waals surface area contributed by atoms with Gasteiger partial charge in [-0.3, -0.25) is 4.79 Å². The smallest absolute Gasteiger partial charge is 0.306 e. The highest BCUT2D eigenvalue weighted by atomic mass is 16.5. The van der Waals surface area contributed by atoms with Crippen LogP contribution in [-0.2, 0) is 9.53 Å². The molecule has 1 saturated heterocycles. The van der Waals surface area contributed by atoms with E-state index in [0.717, 1.165) is 25.7 Å². The van der Waals surface area contributed by atoms with Crippen molar-refractivity contribution >= 4 is 5.97 Å². The summed E-state index contributed by atoms with van der Waals surface area (Å²) in [5.41, 5.74) is 0. The zero-order chi connectivity index (χ0) is 12.0. The third-order valence-electron chi connectivity index (χ3n) is 2.99. The minimum absolute atomic E-state index is 0.00197. The molecule has 1 aliphatic rings. The molecule has 1 N–H and O–H groups in total. The molecular weight excluding hydrogens is 204 g/mol. The van der Waals surface area contributed by atoms with Gasteiger partial charge >= 0.3 is 5.97 Å². The van der Waals surface area contributed by atoms with Crippen LogP contribution in [0.3, 0.4) is 0 Å². The van der Waals surface area contributed by atoms with Crippen molar-refractivity contribution in [3.05, 3.63) is 12.2 Å². The van der Waals surface area contributed by atoms with Crippen molar-refractivity contribution in [2.24, 2.45) is 5.92 Å². The van der Waals surface area contributed by atoms with Crippen LogP contribution in [0.25, 0.3) is 0 Å². The highest BCUT2D eigenvalue weighted by Gasteiger charge is 2.29. The molecule has 0 aromatic rings. The summed E-state index contributed by atoms with van der Waals surface area (Å²) in [5, 5.41) is 9.58. The van der Waals surface area contributed by atoms with Gasteiger partial charge in [0.05, 0.1) is 12.5 Å². The number of esters is 1. The third-order valence-corrected chi connectivity index (χ3v) is 2.99. The van der Waals surface area contributed by atoms with Gasteiger partial charge in [0.25, 0.3) is 0 Å². The van der Waals surface area contributed by atoms with Gasteiger partial charge in [0, 0.05) is 12.3 Å². The number of rotatable bonds is 6. The Labute approximate surface area is 97.5 Å². The molecule has 3 nitrogen and oxygen atoms in total. The minimum atomic E-state index is -0.354. The topological polar surface area (TPSA) is 46.5 Å². The second kappa shape index (κ2) is 6.69. The second-order valence-corrected chi connectivity index (χ2v) is 4.58. The largest absolute Gasteiger partial charge is 0.462 e. The van der Waals surface area contributed by atoms with Crippen molar-refractivity contribution < 1.29 is 14.6 Å². The van der Waals surface area contributed by atoms with Crippen molar-refractivity contribution in [1.82, 2.24) is 0 Å². The number of cyclic esters (lactones) is 1. The van der Waals surface area contributed by atoms with Gasteiger partial charge in [-0.2, -0.15) is 0 Å². The van der Waals surface area contributed by atoms with E-state index in [1.165, 1.54) is 0 Å². The first-order valence-corrected chi connectivity index (χ1v) is 6.17. The van der Waals surface area contributed by atoms with Crippen molar-refractivity contribution in [1.29, 1.82) is 0 Å². The fraction of sp³-hybridized carbons (Fsp3) is 0.769. The average Bonchev–Trinajstić information content (AvgIpc) is 2.55. The van der Waals surface area contributed by atoms with E-state index < -0.39 is 0 Å². The van der Waals surface area contributed by atoms with Crippen LogP contribution in [0.2, 0.25) is 0 Å². The SMILES string of the molecule is CCCC[C@@H](O)/C=C\C[C@@H]1OC(=O)C[C@H]1C. The van der Waals surface area contributed by atoms with Gasteiger partial charge in [-0.05, 0) is 6.42 Å². The summed E-state index contributed by atoms with van der Waals surface area (Å²) in [6, 6.07) is 0. The van der Waals surface area contributed by atoms with Crippen molar-refractivity contribution in [3.63, 3.8) is 0 Å². The molecule has 1 rings (SSSR count). The Morgan fingerprint density at radius 1 is 1.62 bits per heavy atom. The molecule has 1 fully saturated rings. The second-order valence-electron chi connectivity index (χ2n) is 4.58. The highest BCUT2D eigenvalue weighted by molar-refractivity contribution is 5.72. The lowest BCUT2D eigenvalue weighted by Crippen LogP contribution is -2.12. The molecule has 0 amide bonds. The zero-order valence-corrected chi connectivity index (χ0v) is 10.2. The molecule has 0 aliphatic carbocycles.